The predicted octanol–water partition coefficient (Wildman–Crippen LogP) is 1.67. The number of sulfonamides is 1. The van der Waals surface area contributed by atoms with Gasteiger partial charge in [-0.3, -0.25) is 0 Å². The molecule has 1 aromatic carbocycles. The first-order valence-corrected chi connectivity index (χ1v) is 7.37. The fourth-order valence-corrected chi connectivity index (χ4v) is 3.39. The predicted molar refractivity (Wildman–Crippen MR) is 65.2 cm³/mol. The molecule has 2 atom stereocenters. The van der Waals surface area contributed by atoms with Gasteiger partial charge in [-0.25, -0.2) is 17.5 Å². The van der Waals surface area contributed by atoms with E-state index in [0.717, 1.165) is 18.9 Å². The van der Waals surface area contributed by atoms with Gasteiger partial charge in [0, 0.05) is 12.6 Å². The summed E-state index contributed by atoms with van der Waals surface area (Å²) in [7, 11) is -3.83. The lowest BCUT2D eigenvalue weighted by molar-refractivity contribution is 0.0902. The van der Waals surface area contributed by atoms with E-state index in [1.165, 1.54) is 18.2 Å². The molecule has 0 unspecified atom stereocenters. The van der Waals surface area contributed by atoms with Crippen molar-refractivity contribution in [2.45, 2.75) is 36.8 Å². The van der Waals surface area contributed by atoms with Crippen LogP contribution in [0.2, 0.25) is 0 Å². The monoisotopic (exact) mass is 273 g/mol. The highest BCUT2D eigenvalue weighted by Gasteiger charge is 2.28. The maximum Gasteiger partial charge on any atom is 0.243 e. The smallest absolute Gasteiger partial charge is 0.243 e. The molecule has 1 N–H and O–H groups in total. The first-order chi connectivity index (χ1) is 8.50. The maximum atomic E-state index is 13.5. The number of nitrogens with one attached hydrogen (secondary N) is 1. The lowest BCUT2D eigenvalue weighted by atomic mass is 10.1. The van der Waals surface area contributed by atoms with Crippen LogP contribution in [-0.2, 0) is 14.8 Å². The summed E-state index contributed by atoms with van der Waals surface area (Å²) in [5, 5.41) is 0. The summed E-state index contributed by atoms with van der Waals surface area (Å²) in [6, 6.07) is 4.97. The summed E-state index contributed by atoms with van der Waals surface area (Å²) < 4.78 is 45.4. The van der Waals surface area contributed by atoms with Crippen LogP contribution in [0.4, 0.5) is 4.39 Å². The highest BCUT2D eigenvalue weighted by Crippen LogP contribution is 2.18. The molecule has 2 rings (SSSR count). The SMILES string of the molecule is C[C@H](NS(=O)(=O)c1ccccc1F)[C@@H]1CCCO1. The quantitative estimate of drug-likeness (QED) is 0.908. The summed E-state index contributed by atoms with van der Waals surface area (Å²) in [5.74, 6) is -0.746. The van der Waals surface area contributed by atoms with Crippen LogP contribution in [0.5, 0.6) is 0 Å². The van der Waals surface area contributed by atoms with Crippen LogP contribution >= 0.6 is 0 Å². The van der Waals surface area contributed by atoms with Gasteiger partial charge < -0.3 is 4.74 Å². The average molecular weight is 273 g/mol. The van der Waals surface area contributed by atoms with Crippen LogP contribution in [-0.4, -0.2) is 27.2 Å². The van der Waals surface area contributed by atoms with Crippen molar-refractivity contribution < 1.29 is 17.5 Å². The molecule has 1 saturated heterocycles. The molecule has 1 aromatic rings. The summed E-state index contributed by atoms with van der Waals surface area (Å²) >= 11 is 0. The molecule has 0 spiro atoms. The van der Waals surface area contributed by atoms with Gasteiger partial charge in [0.25, 0.3) is 0 Å². The minimum Gasteiger partial charge on any atom is -0.377 e. The molecule has 1 aliphatic rings. The molecule has 0 saturated carbocycles. The van der Waals surface area contributed by atoms with E-state index in [4.69, 9.17) is 4.74 Å². The molecular weight excluding hydrogens is 257 g/mol. The minimum atomic E-state index is -3.83. The van der Waals surface area contributed by atoms with E-state index >= 15 is 0 Å². The van der Waals surface area contributed by atoms with E-state index < -0.39 is 15.8 Å². The standard InChI is InChI=1S/C12H16FNO3S/c1-9(11-6-4-8-17-11)14-18(15,16)12-7-3-2-5-10(12)13/h2-3,5,7,9,11,14H,4,6,8H2,1H3/t9-,11-/m0/s1. The van der Waals surface area contributed by atoms with Gasteiger partial charge in [0.2, 0.25) is 10.0 Å². The van der Waals surface area contributed by atoms with Crippen LogP contribution < -0.4 is 4.72 Å². The Hall–Kier alpha value is -0.980. The lowest BCUT2D eigenvalue weighted by Gasteiger charge is -2.20. The molecule has 6 heteroatoms. The van der Waals surface area contributed by atoms with Crippen LogP contribution in [0.25, 0.3) is 0 Å². The van der Waals surface area contributed by atoms with Crippen molar-refractivity contribution in [1.82, 2.24) is 4.72 Å². The van der Waals surface area contributed by atoms with Gasteiger partial charge >= 0.3 is 0 Å². The van der Waals surface area contributed by atoms with Crippen LogP contribution in [0, 0.1) is 5.82 Å². The first-order valence-electron chi connectivity index (χ1n) is 5.89. The lowest BCUT2D eigenvalue weighted by Crippen LogP contribution is -2.41. The highest BCUT2D eigenvalue weighted by molar-refractivity contribution is 7.89. The second-order valence-electron chi connectivity index (χ2n) is 4.39. The zero-order valence-electron chi connectivity index (χ0n) is 10.1. The Morgan fingerprint density at radius 3 is 2.78 bits per heavy atom. The second-order valence-corrected chi connectivity index (χ2v) is 6.07. The Bertz CT molecular complexity index is 512. The molecule has 1 heterocycles. The third-order valence-electron chi connectivity index (χ3n) is 2.99. The van der Waals surface area contributed by atoms with Crippen molar-refractivity contribution in [1.29, 1.82) is 0 Å². The summed E-state index contributed by atoms with van der Waals surface area (Å²) in [4.78, 5) is -0.324. The Kier molecular flexibility index (Phi) is 3.99. The largest absolute Gasteiger partial charge is 0.377 e. The zero-order valence-corrected chi connectivity index (χ0v) is 10.9. The van der Waals surface area contributed by atoms with Gasteiger partial charge in [0.1, 0.15) is 10.7 Å². The molecule has 4 nitrogen and oxygen atoms in total. The van der Waals surface area contributed by atoms with E-state index in [1.54, 1.807) is 6.92 Å². The van der Waals surface area contributed by atoms with Crippen molar-refractivity contribution >= 4 is 10.0 Å². The Morgan fingerprint density at radius 2 is 2.17 bits per heavy atom. The fraction of sp³-hybridized carbons (Fsp3) is 0.500. The molecule has 0 bridgehead atoms. The maximum absolute atomic E-state index is 13.5. The zero-order chi connectivity index (χ0) is 13.2. The normalized spacial score (nSPS) is 22.0. The molecule has 0 aliphatic carbocycles. The van der Waals surface area contributed by atoms with E-state index in [1.807, 2.05) is 0 Å². The Balaban J connectivity index is 2.14. The minimum absolute atomic E-state index is 0.133. The van der Waals surface area contributed by atoms with Gasteiger partial charge in [0.05, 0.1) is 6.10 Å². The number of hydrogen-bond donors (Lipinski definition) is 1. The molecule has 0 radical (unpaired) electrons. The Labute approximate surface area is 106 Å². The number of rotatable bonds is 4. The van der Waals surface area contributed by atoms with E-state index in [-0.39, 0.29) is 17.0 Å². The van der Waals surface area contributed by atoms with Gasteiger partial charge in [-0.2, -0.15) is 0 Å². The van der Waals surface area contributed by atoms with Crippen molar-refractivity contribution in [2.75, 3.05) is 6.61 Å². The molecular formula is C12H16FNO3S. The number of benzene rings is 1. The van der Waals surface area contributed by atoms with E-state index in [0.29, 0.717) is 6.61 Å². The van der Waals surface area contributed by atoms with Crippen LogP contribution in [0.15, 0.2) is 29.2 Å². The van der Waals surface area contributed by atoms with Crippen LogP contribution in [0.3, 0.4) is 0 Å². The van der Waals surface area contributed by atoms with Crippen molar-refractivity contribution in [3.05, 3.63) is 30.1 Å². The van der Waals surface area contributed by atoms with Crippen molar-refractivity contribution in [3.63, 3.8) is 0 Å². The van der Waals surface area contributed by atoms with Gasteiger partial charge in [0.15, 0.2) is 0 Å². The third-order valence-corrected chi connectivity index (χ3v) is 4.58. The summed E-state index contributed by atoms with van der Waals surface area (Å²) in [6.45, 7) is 2.38. The molecule has 100 valence electrons. The molecule has 1 fully saturated rings. The van der Waals surface area contributed by atoms with E-state index in [9.17, 15) is 12.8 Å². The molecule has 1 aliphatic heterocycles. The summed E-state index contributed by atoms with van der Waals surface area (Å²) in [6.07, 6.45) is 1.61. The molecule has 0 amide bonds. The first kappa shape index (κ1) is 13.5. The second kappa shape index (κ2) is 5.34. The average Bonchev–Trinajstić information content (AvgIpc) is 2.82. The molecule has 0 aromatic heterocycles. The van der Waals surface area contributed by atoms with Crippen LogP contribution in [0.1, 0.15) is 19.8 Å². The third kappa shape index (κ3) is 2.88. The topological polar surface area (TPSA) is 55.4 Å². The fourth-order valence-electron chi connectivity index (χ4n) is 2.04. The van der Waals surface area contributed by atoms with Gasteiger partial charge in [-0.1, -0.05) is 12.1 Å². The van der Waals surface area contributed by atoms with Crippen molar-refractivity contribution in [3.8, 4) is 0 Å². The number of ether oxygens (including phenoxy) is 1. The highest BCUT2D eigenvalue weighted by atomic mass is 32.2. The number of hydrogen-bond acceptors (Lipinski definition) is 3. The number of halogens is 1. The van der Waals surface area contributed by atoms with Gasteiger partial charge in [-0.05, 0) is 31.9 Å². The van der Waals surface area contributed by atoms with Crippen molar-refractivity contribution in [2.24, 2.45) is 0 Å². The Morgan fingerprint density at radius 1 is 1.44 bits per heavy atom. The van der Waals surface area contributed by atoms with E-state index in [2.05, 4.69) is 4.72 Å². The molecule has 18 heavy (non-hydrogen) atoms. The van der Waals surface area contributed by atoms with Gasteiger partial charge in [-0.15, -0.1) is 0 Å². The summed E-state index contributed by atoms with van der Waals surface area (Å²) in [5.41, 5.74) is 0.